The first-order valence-corrected chi connectivity index (χ1v) is 5.51. The molecule has 0 bridgehead atoms. The molecule has 2 fully saturated rings. The van der Waals surface area contributed by atoms with Gasteiger partial charge in [0, 0.05) is 12.8 Å². The van der Waals surface area contributed by atoms with E-state index in [0.717, 1.165) is 19.4 Å². The monoisotopic (exact) mass is 268 g/mol. The Balaban J connectivity index is 1.98. The smallest absolute Gasteiger partial charge is 0.169 e. The van der Waals surface area contributed by atoms with E-state index in [1.807, 2.05) is 0 Å². The van der Waals surface area contributed by atoms with E-state index in [1.54, 1.807) is 0 Å². The van der Waals surface area contributed by atoms with Crippen LogP contribution in [0.4, 0.5) is 0 Å². The predicted molar refractivity (Wildman–Crippen MR) is 50.7 cm³/mol. The summed E-state index contributed by atoms with van der Waals surface area (Å²) in [6, 6.07) is 0. The Morgan fingerprint density at radius 2 is 1.91 bits per heavy atom. The third kappa shape index (κ3) is 1.70. The molecule has 1 unspecified atom stereocenters. The van der Waals surface area contributed by atoms with E-state index in [4.69, 9.17) is 9.47 Å². The van der Waals surface area contributed by atoms with Crippen molar-refractivity contribution in [1.29, 1.82) is 0 Å². The third-order valence-corrected chi connectivity index (χ3v) is 3.05. The van der Waals surface area contributed by atoms with E-state index in [9.17, 15) is 0 Å². The summed E-state index contributed by atoms with van der Waals surface area (Å²) in [5, 5.41) is 0. The third-order valence-electron chi connectivity index (χ3n) is 2.44. The molecule has 0 radical (unpaired) electrons. The highest BCUT2D eigenvalue weighted by atomic mass is 127. The van der Waals surface area contributed by atoms with Crippen LogP contribution in [0.25, 0.3) is 0 Å². The van der Waals surface area contributed by atoms with Gasteiger partial charge in [-0.1, -0.05) is 6.42 Å². The summed E-state index contributed by atoms with van der Waals surface area (Å²) in [6.45, 7) is 0.778. The summed E-state index contributed by atoms with van der Waals surface area (Å²) in [7, 11) is 0. The number of rotatable bonds is 0. The van der Waals surface area contributed by atoms with Crippen LogP contribution in [-0.2, 0) is 9.47 Å². The molecular formula is C8H13IO2. The maximum Gasteiger partial charge on any atom is 0.169 e. The topological polar surface area (TPSA) is 18.5 Å². The second-order valence-corrected chi connectivity index (χ2v) is 4.70. The number of ether oxygens (including phenoxy) is 2. The largest absolute Gasteiger partial charge is 0.346 e. The van der Waals surface area contributed by atoms with Crippen molar-refractivity contribution in [2.75, 3.05) is 6.61 Å². The van der Waals surface area contributed by atoms with Gasteiger partial charge in [0.15, 0.2) is 5.79 Å². The molecule has 0 aromatic carbocycles. The quantitative estimate of drug-likeness (QED) is 0.496. The molecule has 64 valence electrons. The van der Waals surface area contributed by atoms with Crippen LogP contribution in [0.2, 0.25) is 0 Å². The molecule has 1 aliphatic carbocycles. The molecule has 0 aromatic rings. The number of hydrogen-bond acceptors (Lipinski definition) is 2. The Kier molecular flexibility index (Phi) is 2.39. The molecule has 0 N–H and O–H groups in total. The lowest BCUT2D eigenvalue weighted by molar-refractivity contribution is -0.178. The van der Waals surface area contributed by atoms with Gasteiger partial charge in [0.2, 0.25) is 0 Å². The molecule has 1 atom stereocenters. The highest BCUT2D eigenvalue weighted by Crippen LogP contribution is 2.38. The molecule has 1 heterocycles. The van der Waals surface area contributed by atoms with Crippen molar-refractivity contribution in [3.05, 3.63) is 0 Å². The first kappa shape index (κ1) is 8.26. The van der Waals surface area contributed by atoms with E-state index in [1.165, 1.54) is 19.3 Å². The second-order valence-electron chi connectivity index (χ2n) is 3.31. The zero-order valence-corrected chi connectivity index (χ0v) is 8.67. The van der Waals surface area contributed by atoms with Crippen LogP contribution >= 0.6 is 22.6 Å². The summed E-state index contributed by atoms with van der Waals surface area (Å²) in [4.78, 5) is 0. The van der Waals surface area contributed by atoms with E-state index in [2.05, 4.69) is 22.6 Å². The Morgan fingerprint density at radius 3 is 2.45 bits per heavy atom. The maximum absolute atomic E-state index is 5.75. The molecule has 2 rings (SSSR count). The fraction of sp³-hybridized carbons (Fsp3) is 1.00. The lowest BCUT2D eigenvalue weighted by atomic mass is 9.94. The lowest BCUT2D eigenvalue weighted by Crippen LogP contribution is -2.32. The number of hydrogen-bond donors (Lipinski definition) is 0. The maximum atomic E-state index is 5.75. The van der Waals surface area contributed by atoms with Gasteiger partial charge in [-0.05, 0) is 35.4 Å². The van der Waals surface area contributed by atoms with Crippen LogP contribution in [0.15, 0.2) is 0 Å². The van der Waals surface area contributed by atoms with Crippen molar-refractivity contribution >= 4 is 22.6 Å². The van der Waals surface area contributed by atoms with Gasteiger partial charge in [0.1, 0.15) is 4.11 Å². The molecule has 2 nitrogen and oxygen atoms in total. The zero-order chi connectivity index (χ0) is 7.73. The van der Waals surface area contributed by atoms with Gasteiger partial charge in [-0.2, -0.15) is 0 Å². The summed E-state index contributed by atoms with van der Waals surface area (Å²) in [6.07, 6.45) is 6.09. The minimum absolute atomic E-state index is 0.163. The molecule has 1 spiro atoms. The van der Waals surface area contributed by atoms with E-state index < -0.39 is 0 Å². The Labute approximate surface area is 80.8 Å². The highest BCUT2D eigenvalue weighted by molar-refractivity contribution is 14.1. The zero-order valence-electron chi connectivity index (χ0n) is 6.51. The van der Waals surface area contributed by atoms with Gasteiger partial charge in [-0.3, -0.25) is 0 Å². The minimum Gasteiger partial charge on any atom is -0.346 e. The average molecular weight is 268 g/mol. The summed E-state index contributed by atoms with van der Waals surface area (Å²) < 4.78 is 11.7. The molecule has 1 saturated carbocycles. The highest BCUT2D eigenvalue weighted by Gasteiger charge is 2.41. The van der Waals surface area contributed by atoms with Crippen LogP contribution < -0.4 is 0 Å². The van der Waals surface area contributed by atoms with E-state index in [-0.39, 0.29) is 9.90 Å². The Morgan fingerprint density at radius 1 is 1.18 bits per heavy atom. The predicted octanol–water partition coefficient (Wildman–Crippen LogP) is 2.45. The normalized spacial score (nSPS) is 36.3. The summed E-state index contributed by atoms with van der Waals surface area (Å²) in [5.74, 6) is -0.163. The first-order valence-electron chi connectivity index (χ1n) is 4.27. The number of halogens is 1. The fourth-order valence-corrected chi connectivity index (χ4v) is 2.51. The van der Waals surface area contributed by atoms with Crippen LogP contribution in [-0.4, -0.2) is 16.5 Å². The SMILES string of the molecule is IC1COC2(CCCCC2)O1. The molecule has 2 aliphatic rings. The molecule has 3 heteroatoms. The minimum atomic E-state index is -0.163. The summed E-state index contributed by atoms with van der Waals surface area (Å²) in [5.41, 5.74) is 0. The second kappa shape index (κ2) is 3.18. The van der Waals surface area contributed by atoms with Crippen molar-refractivity contribution in [3.8, 4) is 0 Å². The van der Waals surface area contributed by atoms with Gasteiger partial charge in [-0.25, -0.2) is 0 Å². The van der Waals surface area contributed by atoms with Gasteiger partial charge in [-0.15, -0.1) is 0 Å². The molecule has 11 heavy (non-hydrogen) atoms. The van der Waals surface area contributed by atoms with Gasteiger partial charge >= 0.3 is 0 Å². The standard InChI is InChI=1S/C8H13IO2/c9-7-6-10-8(11-7)4-2-1-3-5-8/h7H,1-6H2. The Bertz CT molecular complexity index is 138. The van der Waals surface area contributed by atoms with Crippen molar-refractivity contribution in [2.45, 2.75) is 42.0 Å². The van der Waals surface area contributed by atoms with Gasteiger partial charge in [0.25, 0.3) is 0 Å². The first-order chi connectivity index (χ1) is 5.31. The lowest BCUT2D eigenvalue weighted by Gasteiger charge is -2.31. The molecular weight excluding hydrogens is 255 g/mol. The average Bonchev–Trinajstić information content (AvgIpc) is 2.34. The Hall–Kier alpha value is 0.650. The fourth-order valence-electron chi connectivity index (χ4n) is 1.87. The molecule has 1 saturated heterocycles. The van der Waals surface area contributed by atoms with Crippen LogP contribution in [0.5, 0.6) is 0 Å². The van der Waals surface area contributed by atoms with Crippen molar-refractivity contribution in [3.63, 3.8) is 0 Å². The van der Waals surface area contributed by atoms with E-state index in [0.29, 0.717) is 0 Å². The molecule has 0 amide bonds. The summed E-state index contributed by atoms with van der Waals surface area (Å²) >= 11 is 2.30. The molecule has 0 aromatic heterocycles. The van der Waals surface area contributed by atoms with Crippen LogP contribution in [0.3, 0.4) is 0 Å². The van der Waals surface area contributed by atoms with Gasteiger partial charge in [0.05, 0.1) is 6.61 Å². The van der Waals surface area contributed by atoms with E-state index >= 15 is 0 Å². The van der Waals surface area contributed by atoms with Crippen molar-refractivity contribution < 1.29 is 9.47 Å². The van der Waals surface area contributed by atoms with Crippen molar-refractivity contribution in [2.24, 2.45) is 0 Å². The molecule has 1 aliphatic heterocycles. The number of alkyl halides is 1. The van der Waals surface area contributed by atoms with Gasteiger partial charge < -0.3 is 9.47 Å². The van der Waals surface area contributed by atoms with Crippen LogP contribution in [0.1, 0.15) is 32.1 Å². The van der Waals surface area contributed by atoms with Crippen LogP contribution in [0, 0.1) is 0 Å². The van der Waals surface area contributed by atoms with Crippen molar-refractivity contribution in [1.82, 2.24) is 0 Å².